The Morgan fingerprint density at radius 3 is 2.38 bits per heavy atom. The highest BCUT2D eigenvalue weighted by Gasteiger charge is 2.28. The molecule has 1 aliphatic rings. The number of rotatable bonds is 2. The van der Waals surface area contributed by atoms with Gasteiger partial charge in [-0.25, -0.2) is 4.79 Å². The molecule has 142 valence electrons. The first-order valence-electron chi connectivity index (χ1n) is 8.88. The van der Waals surface area contributed by atoms with E-state index in [-0.39, 0.29) is 41.7 Å². The average Bonchev–Trinajstić information content (AvgIpc) is 2.56. The van der Waals surface area contributed by atoms with E-state index in [9.17, 15) is 19.2 Å². The van der Waals surface area contributed by atoms with E-state index in [1.54, 1.807) is 6.92 Å². The Bertz CT molecular complexity index is 677. The lowest BCUT2D eigenvalue weighted by atomic mass is 9.83. The van der Waals surface area contributed by atoms with Crippen molar-refractivity contribution in [2.75, 3.05) is 7.11 Å². The highest BCUT2D eigenvalue weighted by molar-refractivity contribution is 6.07. The lowest BCUT2D eigenvalue weighted by Gasteiger charge is -2.19. The predicted molar refractivity (Wildman–Crippen MR) is 99.4 cm³/mol. The summed E-state index contributed by atoms with van der Waals surface area (Å²) in [5.41, 5.74) is 1.49. The fraction of sp³-hybridized carbons (Fsp3) is 0.524. The smallest absolute Gasteiger partial charge is 0.334 e. The van der Waals surface area contributed by atoms with Gasteiger partial charge in [0.15, 0.2) is 11.6 Å². The van der Waals surface area contributed by atoms with Gasteiger partial charge in [-0.2, -0.15) is 0 Å². The standard InChI is InChI=1S/C21H28O5/c1-13(2)18-12-19(23)15(4)8-6-7-14(3)9-17(22)10-16(11-20(18)24)21(25)26-5/h8-10,13,18H,6-7,11-12H2,1-5H3. The van der Waals surface area contributed by atoms with Crippen LogP contribution in [0.1, 0.15) is 53.4 Å². The molecule has 0 saturated heterocycles. The summed E-state index contributed by atoms with van der Waals surface area (Å²) in [7, 11) is 1.21. The van der Waals surface area contributed by atoms with E-state index in [1.165, 1.54) is 19.3 Å². The Kier molecular flexibility index (Phi) is 8.36. The van der Waals surface area contributed by atoms with Crippen LogP contribution in [0.15, 0.2) is 34.9 Å². The van der Waals surface area contributed by atoms with Gasteiger partial charge in [-0.3, -0.25) is 14.4 Å². The van der Waals surface area contributed by atoms with E-state index in [1.807, 2.05) is 26.8 Å². The van der Waals surface area contributed by atoms with Crippen LogP contribution in [0.4, 0.5) is 0 Å². The van der Waals surface area contributed by atoms with Crippen LogP contribution in [0, 0.1) is 11.8 Å². The van der Waals surface area contributed by atoms with Crippen molar-refractivity contribution in [2.45, 2.75) is 53.4 Å². The van der Waals surface area contributed by atoms with Crippen LogP contribution in [0.2, 0.25) is 0 Å². The number of esters is 1. The van der Waals surface area contributed by atoms with E-state index in [0.717, 1.165) is 5.57 Å². The summed E-state index contributed by atoms with van der Waals surface area (Å²) >= 11 is 0. The van der Waals surface area contributed by atoms with Gasteiger partial charge in [0.2, 0.25) is 0 Å². The summed E-state index contributed by atoms with van der Waals surface area (Å²) in [6.07, 6.45) is 5.64. The van der Waals surface area contributed by atoms with E-state index in [0.29, 0.717) is 18.4 Å². The molecule has 5 heteroatoms. The minimum Gasteiger partial charge on any atom is -0.466 e. The SMILES string of the molecule is COC(=O)C1=CC(=O)C=C(C)CCC=C(C)C(=O)CC(C(C)C)C(=O)C1. The first kappa shape index (κ1) is 21.7. The van der Waals surface area contributed by atoms with Crippen LogP contribution in [-0.2, 0) is 23.9 Å². The van der Waals surface area contributed by atoms with Gasteiger partial charge in [0, 0.05) is 24.3 Å². The molecule has 0 radical (unpaired) electrons. The summed E-state index contributed by atoms with van der Waals surface area (Å²) in [6.45, 7) is 7.31. The highest BCUT2D eigenvalue weighted by atomic mass is 16.5. The maximum Gasteiger partial charge on any atom is 0.334 e. The number of carbonyl (C=O) groups is 4. The van der Waals surface area contributed by atoms with E-state index < -0.39 is 11.9 Å². The van der Waals surface area contributed by atoms with Crippen molar-refractivity contribution in [1.82, 2.24) is 0 Å². The van der Waals surface area contributed by atoms with Gasteiger partial charge in [0.1, 0.15) is 5.78 Å². The fourth-order valence-corrected chi connectivity index (χ4v) is 2.87. The molecule has 0 bridgehead atoms. The summed E-state index contributed by atoms with van der Waals surface area (Å²) in [6, 6.07) is 0. The second-order valence-corrected chi connectivity index (χ2v) is 7.10. The summed E-state index contributed by atoms with van der Waals surface area (Å²) < 4.78 is 4.71. The molecule has 0 aromatic rings. The van der Waals surface area contributed by atoms with Gasteiger partial charge in [-0.15, -0.1) is 0 Å². The number of Topliss-reactive ketones (excluding diaryl/α,β-unsaturated/α-hetero) is 2. The van der Waals surface area contributed by atoms with E-state index >= 15 is 0 Å². The molecule has 1 aliphatic carbocycles. The van der Waals surface area contributed by atoms with Crippen molar-refractivity contribution in [3.8, 4) is 0 Å². The molecular weight excluding hydrogens is 332 g/mol. The van der Waals surface area contributed by atoms with Crippen molar-refractivity contribution >= 4 is 23.3 Å². The third kappa shape index (κ3) is 6.54. The molecule has 1 rings (SSSR count). The lowest BCUT2D eigenvalue weighted by molar-refractivity contribution is -0.137. The minimum atomic E-state index is -0.699. The van der Waals surface area contributed by atoms with Crippen molar-refractivity contribution in [2.24, 2.45) is 11.8 Å². The van der Waals surface area contributed by atoms with Gasteiger partial charge in [-0.1, -0.05) is 25.5 Å². The molecule has 0 aromatic heterocycles. The maximum atomic E-state index is 12.7. The zero-order valence-electron chi connectivity index (χ0n) is 16.3. The first-order valence-corrected chi connectivity index (χ1v) is 8.88. The van der Waals surface area contributed by atoms with Gasteiger partial charge in [0.05, 0.1) is 7.11 Å². The molecule has 1 atom stereocenters. The third-order valence-electron chi connectivity index (χ3n) is 4.57. The molecular formula is C21H28O5. The molecule has 0 fully saturated rings. The van der Waals surface area contributed by atoms with Crippen LogP contribution in [0.25, 0.3) is 0 Å². The molecule has 26 heavy (non-hydrogen) atoms. The van der Waals surface area contributed by atoms with Crippen molar-refractivity contribution in [3.05, 3.63) is 34.9 Å². The lowest BCUT2D eigenvalue weighted by Crippen LogP contribution is -2.25. The monoisotopic (exact) mass is 360 g/mol. The topological polar surface area (TPSA) is 77.5 Å². The summed E-state index contributed by atoms with van der Waals surface area (Å²) in [5, 5.41) is 0. The number of ketones is 3. The van der Waals surface area contributed by atoms with Crippen molar-refractivity contribution in [3.63, 3.8) is 0 Å². The second-order valence-electron chi connectivity index (χ2n) is 7.10. The van der Waals surface area contributed by atoms with Crippen LogP contribution in [0.3, 0.4) is 0 Å². The zero-order chi connectivity index (χ0) is 19.9. The summed E-state index contributed by atoms with van der Waals surface area (Å²) in [4.78, 5) is 49.4. The largest absolute Gasteiger partial charge is 0.466 e. The normalized spacial score (nSPS) is 20.9. The quantitative estimate of drug-likeness (QED) is 0.704. The molecule has 1 unspecified atom stereocenters. The second kappa shape index (κ2) is 10.00. The van der Waals surface area contributed by atoms with Crippen LogP contribution in [-0.4, -0.2) is 30.4 Å². The molecule has 0 N–H and O–H groups in total. The molecule has 0 saturated carbocycles. The Balaban J connectivity index is 3.31. The number of ether oxygens (including phenoxy) is 1. The van der Waals surface area contributed by atoms with Crippen LogP contribution in [0.5, 0.6) is 0 Å². The Morgan fingerprint density at radius 1 is 1.15 bits per heavy atom. The first-order chi connectivity index (χ1) is 12.1. The van der Waals surface area contributed by atoms with Gasteiger partial charge >= 0.3 is 5.97 Å². The van der Waals surface area contributed by atoms with Crippen molar-refractivity contribution < 1.29 is 23.9 Å². The van der Waals surface area contributed by atoms with Crippen LogP contribution >= 0.6 is 0 Å². The highest BCUT2D eigenvalue weighted by Crippen LogP contribution is 2.23. The minimum absolute atomic E-state index is 0.0222. The van der Waals surface area contributed by atoms with Gasteiger partial charge in [0.25, 0.3) is 0 Å². The van der Waals surface area contributed by atoms with Crippen LogP contribution < -0.4 is 0 Å². The Labute approximate surface area is 155 Å². The van der Waals surface area contributed by atoms with Crippen molar-refractivity contribution in [1.29, 1.82) is 0 Å². The average molecular weight is 360 g/mol. The number of methoxy groups -OCH3 is 1. The van der Waals surface area contributed by atoms with Gasteiger partial charge < -0.3 is 4.74 Å². The maximum absolute atomic E-state index is 12.7. The number of hydrogen-bond acceptors (Lipinski definition) is 5. The van der Waals surface area contributed by atoms with Gasteiger partial charge in [-0.05, 0) is 50.3 Å². The predicted octanol–water partition coefficient (Wildman–Crippen LogP) is 3.53. The third-order valence-corrected chi connectivity index (χ3v) is 4.57. The molecule has 0 aliphatic heterocycles. The molecule has 0 aromatic carbocycles. The number of hydrogen-bond donors (Lipinski definition) is 0. The Morgan fingerprint density at radius 2 is 1.81 bits per heavy atom. The Hall–Kier alpha value is -2.30. The van der Waals surface area contributed by atoms with E-state index in [4.69, 9.17) is 4.74 Å². The number of carbonyl (C=O) groups excluding carboxylic acids is 4. The molecule has 0 amide bonds. The van der Waals surface area contributed by atoms with E-state index in [2.05, 4.69) is 0 Å². The molecule has 0 spiro atoms. The number of allylic oxidation sites excluding steroid dienone is 5. The molecule has 5 nitrogen and oxygen atoms in total. The molecule has 0 heterocycles. The summed E-state index contributed by atoms with van der Waals surface area (Å²) in [5.74, 6) is -1.89. The fourth-order valence-electron chi connectivity index (χ4n) is 2.87. The zero-order valence-corrected chi connectivity index (χ0v) is 16.3.